The molecule has 2 N–H and O–H groups in total. The van der Waals surface area contributed by atoms with Crippen molar-refractivity contribution in [2.24, 2.45) is 0 Å². The molecule has 0 aliphatic heterocycles. The van der Waals surface area contributed by atoms with Gasteiger partial charge in [-0.2, -0.15) is 0 Å². The van der Waals surface area contributed by atoms with E-state index >= 15 is 0 Å². The van der Waals surface area contributed by atoms with Crippen LogP contribution >= 0.6 is 12.2 Å². The smallest absolute Gasteiger partial charge is 0.254 e. The first-order chi connectivity index (χ1) is 5.20. The average molecular weight is 172 g/mol. The van der Waals surface area contributed by atoms with Gasteiger partial charge in [0.05, 0.1) is 0 Å². The monoisotopic (exact) mass is 172 g/mol. The van der Waals surface area contributed by atoms with E-state index in [9.17, 15) is 4.79 Å². The van der Waals surface area contributed by atoms with E-state index in [1.807, 2.05) is 13.8 Å². The standard InChI is InChI=1S/C5H6N2OS.C2H6/c1-3-2-6-5(9)7-4(3)8;1-2/h2H,1H3,(H2,6,7,8,9);1-2H3. The highest BCUT2D eigenvalue weighted by Gasteiger charge is 1.86. The van der Waals surface area contributed by atoms with Crippen molar-refractivity contribution in [2.45, 2.75) is 20.8 Å². The van der Waals surface area contributed by atoms with Crippen LogP contribution in [0.1, 0.15) is 19.4 Å². The van der Waals surface area contributed by atoms with Gasteiger partial charge in [0.15, 0.2) is 4.77 Å². The van der Waals surface area contributed by atoms with Crippen molar-refractivity contribution >= 4 is 12.2 Å². The van der Waals surface area contributed by atoms with Crippen LogP contribution in [0.2, 0.25) is 0 Å². The van der Waals surface area contributed by atoms with Crippen molar-refractivity contribution in [3.8, 4) is 0 Å². The van der Waals surface area contributed by atoms with Gasteiger partial charge in [0.2, 0.25) is 0 Å². The molecule has 0 saturated heterocycles. The molecule has 11 heavy (non-hydrogen) atoms. The molecule has 1 aromatic heterocycles. The third-order valence-electron chi connectivity index (χ3n) is 1.00. The lowest BCUT2D eigenvalue weighted by atomic mass is 10.4. The molecule has 0 bridgehead atoms. The van der Waals surface area contributed by atoms with E-state index in [0.29, 0.717) is 10.3 Å². The van der Waals surface area contributed by atoms with Gasteiger partial charge in [-0.25, -0.2) is 0 Å². The van der Waals surface area contributed by atoms with E-state index in [1.165, 1.54) is 0 Å². The van der Waals surface area contributed by atoms with E-state index in [4.69, 9.17) is 0 Å². The van der Waals surface area contributed by atoms with Crippen LogP contribution in [0.15, 0.2) is 11.0 Å². The summed E-state index contributed by atoms with van der Waals surface area (Å²) in [5.74, 6) is 0. The zero-order chi connectivity index (χ0) is 8.85. The first-order valence-corrected chi connectivity index (χ1v) is 3.89. The summed E-state index contributed by atoms with van der Waals surface area (Å²) in [7, 11) is 0. The second kappa shape index (κ2) is 4.85. The summed E-state index contributed by atoms with van der Waals surface area (Å²) in [5, 5.41) is 0. The van der Waals surface area contributed by atoms with E-state index < -0.39 is 0 Å². The van der Waals surface area contributed by atoms with Gasteiger partial charge in [0.1, 0.15) is 0 Å². The maximum absolute atomic E-state index is 10.7. The molecule has 0 radical (unpaired) electrons. The molecule has 4 heteroatoms. The summed E-state index contributed by atoms with van der Waals surface area (Å²) in [6.07, 6.45) is 1.58. The molecular weight excluding hydrogens is 160 g/mol. The molecule has 1 rings (SSSR count). The molecule has 62 valence electrons. The molecule has 0 amide bonds. The minimum Gasteiger partial charge on any atom is -0.338 e. The van der Waals surface area contributed by atoms with Crippen LogP contribution in [0.5, 0.6) is 0 Å². The van der Waals surface area contributed by atoms with Gasteiger partial charge in [0, 0.05) is 11.8 Å². The highest BCUT2D eigenvalue weighted by atomic mass is 32.1. The van der Waals surface area contributed by atoms with Crippen LogP contribution in [-0.4, -0.2) is 9.97 Å². The fourth-order valence-corrected chi connectivity index (χ4v) is 0.629. The second-order valence-corrected chi connectivity index (χ2v) is 2.16. The number of aryl methyl sites for hydroxylation is 1. The van der Waals surface area contributed by atoms with Gasteiger partial charge in [-0.15, -0.1) is 0 Å². The summed E-state index contributed by atoms with van der Waals surface area (Å²) < 4.78 is 0.366. The Kier molecular flexibility index (Phi) is 4.45. The Morgan fingerprint density at radius 2 is 2.00 bits per heavy atom. The van der Waals surface area contributed by atoms with Crippen molar-refractivity contribution in [1.82, 2.24) is 9.97 Å². The number of aromatic nitrogens is 2. The largest absolute Gasteiger partial charge is 0.338 e. The molecule has 0 aliphatic carbocycles. The molecule has 0 aromatic carbocycles. The molecule has 3 nitrogen and oxygen atoms in total. The van der Waals surface area contributed by atoms with Crippen molar-refractivity contribution < 1.29 is 0 Å². The summed E-state index contributed by atoms with van der Waals surface area (Å²) in [5.41, 5.74) is 0.516. The van der Waals surface area contributed by atoms with E-state index in [2.05, 4.69) is 22.2 Å². The lowest BCUT2D eigenvalue weighted by molar-refractivity contribution is 1.05. The quantitative estimate of drug-likeness (QED) is 0.586. The summed E-state index contributed by atoms with van der Waals surface area (Å²) in [6.45, 7) is 5.71. The van der Waals surface area contributed by atoms with Gasteiger partial charge in [-0.3, -0.25) is 9.78 Å². The topological polar surface area (TPSA) is 48.6 Å². The van der Waals surface area contributed by atoms with Crippen LogP contribution < -0.4 is 5.56 Å². The van der Waals surface area contributed by atoms with Gasteiger partial charge in [-0.1, -0.05) is 13.8 Å². The Bertz CT molecular complexity index is 313. The molecular formula is C7H12N2OS. The fraction of sp³-hybridized carbons (Fsp3) is 0.429. The van der Waals surface area contributed by atoms with Crippen molar-refractivity contribution in [2.75, 3.05) is 0 Å². The summed E-state index contributed by atoms with van der Waals surface area (Å²) in [4.78, 5) is 15.8. The number of rotatable bonds is 0. The minimum absolute atomic E-state index is 0.126. The van der Waals surface area contributed by atoms with Crippen LogP contribution in [-0.2, 0) is 0 Å². The van der Waals surface area contributed by atoms with Gasteiger partial charge in [0.25, 0.3) is 5.56 Å². The highest BCUT2D eigenvalue weighted by molar-refractivity contribution is 7.71. The van der Waals surface area contributed by atoms with E-state index in [0.717, 1.165) is 0 Å². The number of aromatic amines is 2. The maximum Gasteiger partial charge on any atom is 0.254 e. The van der Waals surface area contributed by atoms with Gasteiger partial charge >= 0.3 is 0 Å². The van der Waals surface area contributed by atoms with Gasteiger partial charge in [-0.05, 0) is 19.1 Å². The lowest BCUT2D eigenvalue weighted by Gasteiger charge is -1.86. The Hall–Kier alpha value is -0.900. The number of H-pyrrole nitrogens is 2. The van der Waals surface area contributed by atoms with Crippen LogP contribution in [0.4, 0.5) is 0 Å². The second-order valence-electron chi connectivity index (χ2n) is 1.75. The molecule has 0 saturated carbocycles. The van der Waals surface area contributed by atoms with Crippen LogP contribution in [0, 0.1) is 11.7 Å². The van der Waals surface area contributed by atoms with E-state index in [-0.39, 0.29) is 5.56 Å². The Labute approximate surface area is 70.5 Å². The molecule has 0 unspecified atom stereocenters. The van der Waals surface area contributed by atoms with Crippen molar-refractivity contribution in [1.29, 1.82) is 0 Å². The van der Waals surface area contributed by atoms with Crippen molar-refractivity contribution in [3.63, 3.8) is 0 Å². The average Bonchev–Trinajstić information content (AvgIpc) is 2.02. The van der Waals surface area contributed by atoms with Gasteiger partial charge < -0.3 is 4.98 Å². The predicted molar refractivity (Wildman–Crippen MR) is 48.3 cm³/mol. The minimum atomic E-state index is -0.126. The SMILES string of the molecule is CC.Cc1c[nH]c(=S)[nH]c1=O. The maximum atomic E-state index is 10.7. The molecule has 0 aliphatic rings. The third kappa shape index (κ3) is 3.13. The van der Waals surface area contributed by atoms with Crippen molar-refractivity contribution in [3.05, 3.63) is 26.9 Å². The fourth-order valence-electron chi connectivity index (χ4n) is 0.477. The zero-order valence-electron chi connectivity index (χ0n) is 6.89. The van der Waals surface area contributed by atoms with E-state index in [1.54, 1.807) is 13.1 Å². The normalized spacial score (nSPS) is 8.27. The third-order valence-corrected chi connectivity index (χ3v) is 1.22. The molecule has 1 heterocycles. The lowest BCUT2D eigenvalue weighted by Crippen LogP contribution is -2.09. The molecule has 0 spiro atoms. The number of hydrogen-bond donors (Lipinski definition) is 2. The van der Waals surface area contributed by atoms with Crippen LogP contribution in [0.25, 0.3) is 0 Å². The predicted octanol–water partition coefficient (Wildman–Crippen LogP) is 1.77. The Balaban J connectivity index is 0.000000461. The molecule has 0 atom stereocenters. The zero-order valence-corrected chi connectivity index (χ0v) is 7.71. The first-order valence-electron chi connectivity index (χ1n) is 3.49. The number of nitrogens with one attached hydrogen (secondary N) is 2. The highest BCUT2D eigenvalue weighted by Crippen LogP contribution is 1.79. The Morgan fingerprint density at radius 3 is 2.36 bits per heavy atom. The van der Waals surface area contributed by atoms with Crippen LogP contribution in [0.3, 0.4) is 0 Å². The summed E-state index contributed by atoms with van der Waals surface area (Å²) in [6, 6.07) is 0. The number of hydrogen-bond acceptors (Lipinski definition) is 2. The Morgan fingerprint density at radius 1 is 1.45 bits per heavy atom. The molecule has 0 fully saturated rings. The summed E-state index contributed by atoms with van der Waals surface area (Å²) >= 11 is 4.65. The molecule has 1 aromatic rings. The first kappa shape index (κ1) is 10.1.